The van der Waals surface area contributed by atoms with Gasteiger partial charge in [-0.1, -0.05) is 5.92 Å². The Balaban J connectivity index is 1.66. The van der Waals surface area contributed by atoms with Gasteiger partial charge in [0, 0.05) is 20.0 Å². The van der Waals surface area contributed by atoms with E-state index in [1.807, 2.05) is 0 Å². The van der Waals surface area contributed by atoms with E-state index in [0.29, 0.717) is 25.8 Å². The summed E-state index contributed by atoms with van der Waals surface area (Å²) in [6, 6.07) is 0. The van der Waals surface area contributed by atoms with Crippen LogP contribution in [0.25, 0.3) is 0 Å². The summed E-state index contributed by atoms with van der Waals surface area (Å²) in [5.41, 5.74) is 4.28. The van der Waals surface area contributed by atoms with Gasteiger partial charge in [-0.25, -0.2) is 9.59 Å². The van der Waals surface area contributed by atoms with Crippen LogP contribution < -0.4 is 11.6 Å². The number of amides is 1. The molecule has 1 aromatic heterocycles. The van der Waals surface area contributed by atoms with Crippen LogP contribution in [0.15, 0.2) is 18.6 Å². The van der Waals surface area contributed by atoms with Crippen LogP contribution in [0, 0.1) is 19.3 Å². The molecule has 0 saturated carbocycles. The van der Waals surface area contributed by atoms with Crippen LogP contribution in [-0.4, -0.2) is 61.8 Å². The van der Waals surface area contributed by atoms with Gasteiger partial charge >= 0.3 is 17.9 Å². The Bertz CT molecular complexity index is 884. The van der Waals surface area contributed by atoms with Crippen molar-refractivity contribution in [2.45, 2.75) is 50.9 Å². The predicted molar refractivity (Wildman–Crippen MR) is 108 cm³/mol. The fraction of sp³-hybridized carbons (Fsp3) is 0.600. The second-order valence-electron chi connectivity index (χ2n) is 7.11. The molecule has 1 aliphatic heterocycles. The molecule has 2 rings (SSSR count). The number of hydrogen-bond acceptors (Lipinski definition) is 9. The van der Waals surface area contributed by atoms with Crippen molar-refractivity contribution in [3.8, 4) is 12.3 Å². The van der Waals surface area contributed by atoms with Crippen molar-refractivity contribution in [3.05, 3.63) is 22.1 Å². The Kier molecular flexibility index (Phi) is 8.69. The summed E-state index contributed by atoms with van der Waals surface area (Å²) < 4.78 is 25.6. The second kappa shape index (κ2) is 11.2. The Morgan fingerprint density at radius 1 is 1.42 bits per heavy atom. The molecule has 1 aromatic rings. The number of ether oxygens (including phenoxy) is 3. The number of aryl methyl sites for hydroxylation is 1. The third-order valence-electron chi connectivity index (χ3n) is 4.75. The molecule has 11 heteroatoms. The summed E-state index contributed by atoms with van der Waals surface area (Å²) in [5.74, 6) is 1.66. The number of aliphatic imine (C=N–C) groups is 1. The summed E-state index contributed by atoms with van der Waals surface area (Å²) in [7, 11) is 1.52. The molecule has 2 atom stereocenters. The van der Waals surface area contributed by atoms with E-state index in [-0.39, 0.29) is 43.8 Å². The standard InChI is InChI=1S/C20H27N3O8/c1-4-20(8-7-15(31-20)10-22-13-21)12-28-17(24)6-5-9-23(3)18(25)27-11-16-14(2)29-19(26)30-16/h1,13,15H,5-12H2,2-3H3,(H2,21,22)/t15?,20-/m0/s1. The first-order valence-corrected chi connectivity index (χ1v) is 9.77. The van der Waals surface area contributed by atoms with E-state index in [2.05, 4.69) is 15.3 Å². The van der Waals surface area contributed by atoms with Gasteiger partial charge in [0.2, 0.25) is 0 Å². The average Bonchev–Trinajstić information content (AvgIpc) is 3.31. The SMILES string of the molecule is C#C[C@@]1(COC(=O)CCCN(C)C(=O)OCc2oc(=O)oc2C)CCC(CN=CN)O1. The van der Waals surface area contributed by atoms with E-state index < -0.39 is 23.5 Å². The molecule has 1 saturated heterocycles. The zero-order chi connectivity index (χ0) is 22.9. The van der Waals surface area contributed by atoms with Crippen molar-refractivity contribution in [3.63, 3.8) is 0 Å². The van der Waals surface area contributed by atoms with Crippen LogP contribution in [0.5, 0.6) is 0 Å². The van der Waals surface area contributed by atoms with E-state index in [4.69, 9.17) is 30.8 Å². The quantitative estimate of drug-likeness (QED) is 0.245. The Labute approximate surface area is 179 Å². The van der Waals surface area contributed by atoms with Crippen LogP contribution >= 0.6 is 0 Å². The van der Waals surface area contributed by atoms with Crippen LogP contribution in [0.1, 0.15) is 37.2 Å². The topological polar surface area (TPSA) is 147 Å². The van der Waals surface area contributed by atoms with E-state index in [0.717, 1.165) is 0 Å². The van der Waals surface area contributed by atoms with Crippen molar-refractivity contribution in [1.82, 2.24) is 4.90 Å². The van der Waals surface area contributed by atoms with Crippen LogP contribution in [0.2, 0.25) is 0 Å². The predicted octanol–water partition coefficient (Wildman–Crippen LogP) is 0.971. The molecule has 1 aliphatic rings. The van der Waals surface area contributed by atoms with Gasteiger partial charge in [0.1, 0.15) is 6.61 Å². The highest BCUT2D eigenvalue weighted by atomic mass is 16.6. The van der Waals surface area contributed by atoms with Gasteiger partial charge in [0.15, 0.2) is 23.7 Å². The molecule has 0 spiro atoms. The average molecular weight is 437 g/mol. The van der Waals surface area contributed by atoms with Crippen molar-refractivity contribution in [1.29, 1.82) is 0 Å². The fourth-order valence-corrected chi connectivity index (χ4v) is 2.96. The van der Waals surface area contributed by atoms with Gasteiger partial charge in [-0.3, -0.25) is 9.79 Å². The lowest BCUT2D eigenvalue weighted by molar-refractivity contribution is -0.150. The van der Waals surface area contributed by atoms with E-state index in [1.54, 1.807) is 0 Å². The lowest BCUT2D eigenvalue weighted by Gasteiger charge is -2.23. The van der Waals surface area contributed by atoms with Gasteiger partial charge in [-0.2, -0.15) is 0 Å². The largest absolute Gasteiger partial charge is 0.519 e. The highest BCUT2D eigenvalue weighted by Crippen LogP contribution is 2.30. The smallest absolute Gasteiger partial charge is 0.462 e. The number of hydrogen-bond donors (Lipinski definition) is 1. The molecule has 0 radical (unpaired) electrons. The number of esters is 1. The fourth-order valence-electron chi connectivity index (χ4n) is 2.96. The maximum atomic E-state index is 12.0. The summed E-state index contributed by atoms with van der Waals surface area (Å²) in [4.78, 5) is 40.2. The highest BCUT2D eigenvalue weighted by Gasteiger charge is 2.39. The maximum Gasteiger partial charge on any atom is 0.519 e. The van der Waals surface area contributed by atoms with E-state index in [9.17, 15) is 14.4 Å². The summed E-state index contributed by atoms with van der Waals surface area (Å²) in [6.45, 7) is 1.92. The molecule has 2 heterocycles. The number of carbonyl (C=O) groups excluding carboxylic acids is 2. The summed E-state index contributed by atoms with van der Waals surface area (Å²) in [5, 5.41) is 0. The number of terminal acetylenes is 1. The van der Waals surface area contributed by atoms with Crippen LogP contribution in [-0.2, 0) is 25.6 Å². The molecule has 31 heavy (non-hydrogen) atoms. The van der Waals surface area contributed by atoms with E-state index in [1.165, 1.54) is 25.2 Å². The molecular weight excluding hydrogens is 410 g/mol. The normalized spacial score (nSPS) is 20.5. The molecule has 0 aromatic carbocycles. The van der Waals surface area contributed by atoms with Crippen LogP contribution in [0.3, 0.4) is 0 Å². The number of rotatable bonds is 10. The van der Waals surface area contributed by atoms with Gasteiger partial charge in [0.25, 0.3) is 0 Å². The third kappa shape index (κ3) is 7.18. The number of nitrogens with zero attached hydrogens (tertiary/aromatic N) is 2. The minimum atomic E-state index is -0.953. The maximum absolute atomic E-state index is 12.0. The van der Waals surface area contributed by atoms with Crippen LogP contribution in [0.4, 0.5) is 4.79 Å². The lowest BCUT2D eigenvalue weighted by Crippen LogP contribution is -2.35. The first-order chi connectivity index (χ1) is 14.8. The number of nitrogens with two attached hydrogens (primary N) is 1. The molecule has 1 amide bonds. The lowest BCUT2D eigenvalue weighted by atomic mass is 10.0. The Hall–Kier alpha value is -3.26. The number of carbonyl (C=O) groups is 2. The molecule has 2 N–H and O–H groups in total. The van der Waals surface area contributed by atoms with Crippen molar-refractivity contribution in [2.24, 2.45) is 10.7 Å². The summed E-state index contributed by atoms with van der Waals surface area (Å²) >= 11 is 0. The first kappa shape index (κ1) is 24.0. The van der Waals surface area contributed by atoms with Gasteiger partial charge in [-0.15, -0.1) is 6.42 Å². The van der Waals surface area contributed by atoms with E-state index >= 15 is 0 Å². The van der Waals surface area contributed by atoms with Crippen molar-refractivity contribution >= 4 is 18.4 Å². The van der Waals surface area contributed by atoms with Crippen molar-refractivity contribution < 1.29 is 32.6 Å². The zero-order valence-electron chi connectivity index (χ0n) is 17.6. The molecule has 170 valence electrons. The second-order valence-corrected chi connectivity index (χ2v) is 7.11. The first-order valence-electron chi connectivity index (χ1n) is 9.77. The monoisotopic (exact) mass is 437 g/mol. The molecule has 0 aliphatic carbocycles. The summed E-state index contributed by atoms with van der Waals surface area (Å²) in [6.07, 6.45) is 7.72. The zero-order valence-corrected chi connectivity index (χ0v) is 17.6. The Morgan fingerprint density at radius 2 is 2.19 bits per heavy atom. The Morgan fingerprint density at radius 3 is 2.84 bits per heavy atom. The molecule has 0 bridgehead atoms. The van der Waals surface area contributed by atoms with Gasteiger partial charge in [-0.05, 0) is 26.2 Å². The third-order valence-corrected chi connectivity index (χ3v) is 4.75. The minimum absolute atomic E-state index is 0.0433. The molecule has 1 unspecified atom stereocenters. The minimum Gasteiger partial charge on any atom is -0.462 e. The molecular formula is C20H27N3O8. The molecule has 1 fully saturated rings. The highest BCUT2D eigenvalue weighted by molar-refractivity contribution is 5.70. The van der Waals surface area contributed by atoms with Gasteiger partial charge in [0.05, 0.1) is 19.0 Å². The van der Waals surface area contributed by atoms with Crippen molar-refractivity contribution in [2.75, 3.05) is 26.7 Å². The molecule has 11 nitrogen and oxygen atoms in total. The van der Waals surface area contributed by atoms with Gasteiger partial charge < -0.3 is 33.7 Å².